The Bertz CT molecular complexity index is 479. The molecule has 2 nitrogen and oxygen atoms in total. The van der Waals surface area contributed by atoms with Crippen LogP contribution in [0.3, 0.4) is 0 Å². The number of aryl methyl sites for hydroxylation is 1. The van der Waals surface area contributed by atoms with Crippen LogP contribution in [0, 0.1) is 12.8 Å². The van der Waals surface area contributed by atoms with Crippen LogP contribution in [-0.2, 0) is 6.42 Å². The van der Waals surface area contributed by atoms with Crippen molar-refractivity contribution in [3.05, 3.63) is 21.9 Å². The molecule has 118 valence electrons. The van der Waals surface area contributed by atoms with Gasteiger partial charge in [-0.05, 0) is 64.5 Å². The maximum atomic E-state index is 3.87. The molecule has 3 unspecified atom stereocenters. The summed E-state index contributed by atoms with van der Waals surface area (Å²) in [5.74, 6) is 0.911. The van der Waals surface area contributed by atoms with Gasteiger partial charge in [-0.1, -0.05) is 6.92 Å². The van der Waals surface area contributed by atoms with Gasteiger partial charge in [-0.25, -0.2) is 0 Å². The van der Waals surface area contributed by atoms with Crippen LogP contribution < -0.4 is 5.32 Å². The highest BCUT2D eigenvalue weighted by atomic mass is 32.1. The fraction of sp³-hybridized carbons (Fsp3) is 0.778. The van der Waals surface area contributed by atoms with Gasteiger partial charge in [0.1, 0.15) is 0 Å². The molecular formula is C18H30N2S. The monoisotopic (exact) mass is 306 g/mol. The lowest BCUT2D eigenvalue weighted by Crippen LogP contribution is -2.65. The summed E-state index contributed by atoms with van der Waals surface area (Å²) in [6.07, 6.45) is 5.30. The Hall–Kier alpha value is -0.380. The van der Waals surface area contributed by atoms with Gasteiger partial charge in [0.15, 0.2) is 0 Å². The molecule has 2 heterocycles. The highest BCUT2D eigenvalue weighted by molar-refractivity contribution is 7.11. The Balaban J connectivity index is 1.69. The third-order valence-electron chi connectivity index (χ3n) is 5.53. The van der Waals surface area contributed by atoms with E-state index in [1.54, 1.807) is 4.88 Å². The van der Waals surface area contributed by atoms with Crippen LogP contribution in [0.5, 0.6) is 0 Å². The second kappa shape index (κ2) is 6.02. The molecule has 1 aliphatic heterocycles. The number of rotatable bonds is 5. The average molecular weight is 307 g/mol. The summed E-state index contributed by atoms with van der Waals surface area (Å²) in [5, 5.41) is 3.87. The molecule has 21 heavy (non-hydrogen) atoms. The van der Waals surface area contributed by atoms with Crippen LogP contribution >= 0.6 is 11.3 Å². The smallest absolute Gasteiger partial charge is 0.0309 e. The molecule has 1 aromatic heterocycles. The van der Waals surface area contributed by atoms with Crippen molar-refractivity contribution in [2.24, 2.45) is 5.92 Å². The molecule has 1 aliphatic carbocycles. The summed E-state index contributed by atoms with van der Waals surface area (Å²) in [6, 6.07) is 5.93. The molecule has 3 heteroatoms. The fourth-order valence-electron chi connectivity index (χ4n) is 3.92. The van der Waals surface area contributed by atoms with Crippen molar-refractivity contribution in [3.8, 4) is 0 Å². The number of hydrogen-bond donors (Lipinski definition) is 1. The predicted octanol–water partition coefficient (Wildman–Crippen LogP) is 3.84. The second-order valence-electron chi connectivity index (χ2n) is 7.37. The minimum absolute atomic E-state index is 0.352. The fourth-order valence-corrected chi connectivity index (χ4v) is 4.93. The standard InChI is InChI=1S/C18H30N2S/c1-5-16-11-19-18(4,15-7-8-15)12-20(16)13(2)10-17-9-6-14(3)21-17/h6,9,13,15-16,19H,5,7-8,10-12H2,1-4H3. The number of hydrogen-bond acceptors (Lipinski definition) is 3. The van der Waals surface area contributed by atoms with Crippen LogP contribution in [0.25, 0.3) is 0 Å². The number of nitrogens with zero attached hydrogens (tertiary/aromatic N) is 1. The molecule has 0 aromatic carbocycles. The lowest BCUT2D eigenvalue weighted by molar-refractivity contribution is 0.0427. The normalized spacial score (nSPS) is 32.3. The molecule has 1 saturated heterocycles. The molecule has 0 radical (unpaired) electrons. The molecule has 0 spiro atoms. The van der Waals surface area contributed by atoms with Crippen molar-refractivity contribution in [2.45, 2.75) is 71.0 Å². The molecule has 2 fully saturated rings. The van der Waals surface area contributed by atoms with Crippen molar-refractivity contribution >= 4 is 11.3 Å². The van der Waals surface area contributed by atoms with E-state index in [-0.39, 0.29) is 0 Å². The topological polar surface area (TPSA) is 15.3 Å². The SMILES string of the molecule is CCC1CNC(C)(C2CC2)CN1C(C)Cc1ccc(C)s1. The van der Waals surface area contributed by atoms with Gasteiger partial charge in [-0.2, -0.15) is 0 Å². The highest BCUT2D eigenvalue weighted by Gasteiger charge is 2.46. The first-order valence-corrected chi connectivity index (χ1v) is 9.39. The third kappa shape index (κ3) is 3.35. The Kier molecular flexibility index (Phi) is 4.45. The van der Waals surface area contributed by atoms with Gasteiger partial charge in [0, 0.05) is 40.5 Å². The second-order valence-corrected chi connectivity index (χ2v) is 8.75. The van der Waals surface area contributed by atoms with Gasteiger partial charge in [-0.15, -0.1) is 11.3 Å². The zero-order valence-electron chi connectivity index (χ0n) is 14.0. The van der Waals surface area contributed by atoms with Gasteiger partial charge >= 0.3 is 0 Å². The lowest BCUT2D eigenvalue weighted by atomic mass is 9.89. The number of piperazine rings is 1. The van der Waals surface area contributed by atoms with Crippen LogP contribution in [0.4, 0.5) is 0 Å². The van der Waals surface area contributed by atoms with Crippen LogP contribution in [0.1, 0.15) is 49.8 Å². The van der Waals surface area contributed by atoms with Crippen LogP contribution in [-0.4, -0.2) is 35.6 Å². The lowest BCUT2D eigenvalue weighted by Gasteiger charge is -2.49. The first-order chi connectivity index (χ1) is 10.0. The maximum Gasteiger partial charge on any atom is 0.0309 e. The highest BCUT2D eigenvalue weighted by Crippen LogP contribution is 2.42. The zero-order chi connectivity index (χ0) is 15.0. The van der Waals surface area contributed by atoms with E-state index in [1.165, 1.54) is 37.1 Å². The van der Waals surface area contributed by atoms with Crippen molar-refractivity contribution in [3.63, 3.8) is 0 Å². The van der Waals surface area contributed by atoms with Crippen LogP contribution in [0.2, 0.25) is 0 Å². The molecule has 0 bridgehead atoms. The Morgan fingerprint density at radius 2 is 2.19 bits per heavy atom. The van der Waals surface area contributed by atoms with Gasteiger partial charge in [-0.3, -0.25) is 4.90 Å². The van der Waals surface area contributed by atoms with Crippen molar-refractivity contribution in [1.29, 1.82) is 0 Å². The molecule has 1 saturated carbocycles. The number of nitrogens with one attached hydrogen (secondary N) is 1. The van der Waals surface area contributed by atoms with Gasteiger partial charge in [0.25, 0.3) is 0 Å². The average Bonchev–Trinajstić information content (AvgIpc) is 3.24. The first kappa shape index (κ1) is 15.5. The molecule has 1 N–H and O–H groups in total. The third-order valence-corrected chi connectivity index (χ3v) is 6.55. The minimum Gasteiger partial charge on any atom is -0.308 e. The molecule has 2 aliphatic rings. The predicted molar refractivity (Wildman–Crippen MR) is 92.1 cm³/mol. The van der Waals surface area contributed by atoms with Gasteiger partial charge in [0.2, 0.25) is 0 Å². The van der Waals surface area contributed by atoms with E-state index in [0.717, 1.165) is 12.5 Å². The van der Waals surface area contributed by atoms with E-state index in [9.17, 15) is 0 Å². The maximum absolute atomic E-state index is 3.87. The van der Waals surface area contributed by atoms with Crippen LogP contribution in [0.15, 0.2) is 12.1 Å². The van der Waals surface area contributed by atoms with Gasteiger partial charge in [0.05, 0.1) is 0 Å². The summed E-state index contributed by atoms with van der Waals surface area (Å²) in [7, 11) is 0. The zero-order valence-corrected chi connectivity index (χ0v) is 14.8. The summed E-state index contributed by atoms with van der Waals surface area (Å²) in [4.78, 5) is 5.78. The molecule has 1 aromatic rings. The van der Waals surface area contributed by atoms with Gasteiger partial charge < -0.3 is 5.32 Å². The van der Waals surface area contributed by atoms with E-state index in [4.69, 9.17) is 0 Å². The van der Waals surface area contributed by atoms with E-state index >= 15 is 0 Å². The quantitative estimate of drug-likeness (QED) is 0.889. The van der Waals surface area contributed by atoms with E-state index in [0.29, 0.717) is 17.6 Å². The Labute approximate surface area is 133 Å². The minimum atomic E-state index is 0.352. The summed E-state index contributed by atoms with van der Waals surface area (Å²) < 4.78 is 0. The Morgan fingerprint density at radius 3 is 2.76 bits per heavy atom. The summed E-state index contributed by atoms with van der Waals surface area (Å²) in [5.41, 5.74) is 0.352. The number of thiophene rings is 1. The van der Waals surface area contributed by atoms with E-state index < -0.39 is 0 Å². The van der Waals surface area contributed by atoms with E-state index in [2.05, 4.69) is 50.0 Å². The van der Waals surface area contributed by atoms with Crippen molar-refractivity contribution in [1.82, 2.24) is 10.2 Å². The first-order valence-electron chi connectivity index (χ1n) is 8.58. The van der Waals surface area contributed by atoms with Crippen molar-refractivity contribution < 1.29 is 0 Å². The van der Waals surface area contributed by atoms with E-state index in [1.807, 2.05) is 11.3 Å². The molecule has 3 atom stereocenters. The van der Waals surface area contributed by atoms with Crippen molar-refractivity contribution in [2.75, 3.05) is 13.1 Å². The molecule has 3 rings (SSSR count). The largest absolute Gasteiger partial charge is 0.308 e. The summed E-state index contributed by atoms with van der Waals surface area (Å²) >= 11 is 1.97. The summed E-state index contributed by atoms with van der Waals surface area (Å²) in [6.45, 7) is 11.8. The Morgan fingerprint density at radius 1 is 1.43 bits per heavy atom. The molecular weight excluding hydrogens is 276 g/mol. The molecule has 0 amide bonds.